The second-order valence-corrected chi connectivity index (χ2v) is 10.2. The summed E-state index contributed by atoms with van der Waals surface area (Å²) < 4.78 is 1.88. The number of carbonyl (C=O) groups excluding carboxylic acids is 2. The molecule has 0 spiro atoms. The van der Waals surface area contributed by atoms with Gasteiger partial charge in [-0.1, -0.05) is 80.4 Å². The number of hydrogen-bond acceptors (Lipinski definition) is 4. The van der Waals surface area contributed by atoms with Gasteiger partial charge in [-0.3, -0.25) is 20.2 Å². The van der Waals surface area contributed by atoms with E-state index in [0.29, 0.717) is 11.1 Å². The van der Waals surface area contributed by atoms with Gasteiger partial charge in [0.25, 0.3) is 11.8 Å². The van der Waals surface area contributed by atoms with E-state index in [2.05, 4.69) is 53.1 Å². The highest BCUT2D eigenvalue weighted by molar-refractivity contribution is 9.10. The highest BCUT2D eigenvalue weighted by atomic mass is 79.9. The fraction of sp³-hybridized carbons (Fsp3) is 0. The Morgan fingerprint density at radius 3 is 1.24 bits per heavy atom. The monoisotopic (exact) mass is 668 g/mol. The summed E-state index contributed by atoms with van der Waals surface area (Å²) in [5.41, 5.74) is 2.77. The maximum absolute atomic E-state index is 11.9. The summed E-state index contributed by atoms with van der Waals surface area (Å²) in [5, 5.41) is 11.7. The van der Waals surface area contributed by atoms with Gasteiger partial charge in [0.1, 0.15) is 0 Å². The number of nitrogens with one attached hydrogen (secondary N) is 4. The second-order valence-electron chi connectivity index (χ2n) is 7.57. The standard InChI is InChI=1S/2C14H11BrN2OS/c2*15-11-7-4-8-12(9-11)16-14(19)17-13(18)10-5-2-1-3-6-10/h2*1-9H,(H2,16,17,18,19). The van der Waals surface area contributed by atoms with Gasteiger partial charge >= 0.3 is 0 Å². The van der Waals surface area contributed by atoms with Crippen molar-refractivity contribution in [2.24, 2.45) is 0 Å². The van der Waals surface area contributed by atoms with Crippen LogP contribution in [0.5, 0.6) is 0 Å². The highest BCUT2D eigenvalue weighted by Crippen LogP contribution is 2.16. The van der Waals surface area contributed by atoms with Crippen molar-refractivity contribution in [3.63, 3.8) is 0 Å². The summed E-state index contributed by atoms with van der Waals surface area (Å²) >= 11 is 16.9. The van der Waals surface area contributed by atoms with Crippen molar-refractivity contribution in [1.29, 1.82) is 0 Å². The van der Waals surface area contributed by atoms with Crippen LogP contribution in [0.2, 0.25) is 0 Å². The average molecular weight is 670 g/mol. The second kappa shape index (κ2) is 15.1. The lowest BCUT2D eigenvalue weighted by atomic mass is 10.2. The maximum atomic E-state index is 11.9. The molecule has 4 aromatic carbocycles. The minimum Gasteiger partial charge on any atom is -0.332 e. The highest BCUT2D eigenvalue weighted by Gasteiger charge is 2.08. The molecular weight excluding hydrogens is 648 g/mol. The van der Waals surface area contributed by atoms with Gasteiger partial charge in [-0.25, -0.2) is 0 Å². The zero-order chi connectivity index (χ0) is 27.3. The van der Waals surface area contributed by atoms with E-state index in [9.17, 15) is 9.59 Å². The molecule has 0 aliphatic rings. The average Bonchev–Trinajstić information content (AvgIpc) is 2.90. The molecule has 0 fully saturated rings. The van der Waals surface area contributed by atoms with Gasteiger partial charge < -0.3 is 10.6 Å². The van der Waals surface area contributed by atoms with E-state index in [4.69, 9.17) is 24.4 Å². The molecule has 38 heavy (non-hydrogen) atoms. The van der Waals surface area contributed by atoms with Crippen LogP contribution in [-0.2, 0) is 0 Å². The molecule has 6 nitrogen and oxygen atoms in total. The fourth-order valence-corrected chi connectivity index (χ4v) is 4.21. The molecule has 0 heterocycles. The van der Waals surface area contributed by atoms with E-state index < -0.39 is 0 Å². The van der Waals surface area contributed by atoms with Crippen LogP contribution < -0.4 is 21.3 Å². The van der Waals surface area contributed by atoms with E-state index in [0.717, 1.165) is 20.3 Å². The van der Waals surface area contributed by atoms with E-state index in [1.807, 2.05) is 60.7 Å². The first-order chi connectivity index (χ1) is 18.3. The number of anilines is 2. The van der Waals surface area contributed by atoms with Crippen LogP contribution >= 0.6 is 56.3 Å². The molecule has 0 aliphatic heterocycles. The largest absolute Gasteiger partial charge is 0.332 e. The molecule has 0 saturated carbocycles. The number of thiocarbonyl (C=S) groups is 2. The molecule has 2 amide bonds. The summed E-state index contributed by atoms with van der Waals surface area (Å²) in [6.45, 7) is 0. The predicted molar refractivity (Wildman–Crippen MR) is 169 cm³/mol. The van der Waals surface area contributed by atoms with Gasteiger partial charge in [0, 0.05) is 31.4 Å². The topological polar surface area (TPSA) is 82.3 Å². The first-order valence-corrected chi connectivity index (χ1v) is 13.6. The lowest BCUT2D eigenvalue weighted by molar-refractivity contribution is 0.0969. The molecule has 0 radical (unpaired) electrons. The van der Waals surface area contributed by atoms with Gasteiger partial charge in [0.2, 0.25) is 0 Å². The fourth-order valence-electron chi connectivity index (χ4n) is 2.99. The summed E-state index contributed by atoms with van der Waals surface area (Å²) in [6.07, 6.45) is 0. The van der Waals surface area contributed by atoms with Crippen LogP contribution in [0.3, 0.4) is 0 Å². The van der Waals surface area contributed by atoms with Crippen molar-refractivity contribution in [3.8, 4) is 0 Å². The molecule has 192 valence electrons. The molecule has 0 unspecified atom stereocenters. The zero-order valence-electron chi connectivity index (χ0n) is 19.8. The third-order valence-corrected chi connectivity index (χ3v) is 6.09. The molecule has 4 aromatic rings. The van der Waals surface area contributed by atoms with Gasteiger partial charge in [0.15, 0.2) is 10.2 Å². The Kier molecular flexibility index (Phi) is 11.6. The van der Waals surface area contributed by atoms with Crippen LogP contribution in [0.4, 0.5) is 11.4 Å². The molecule has 0 aliphatic carbocycles. The summed E-state index contributed by atoms with van der Waals surface area (Å²) in [5.74, 6) is -0.457. The third-order valence-electron chi connectivity index (χ3n) is 4.69. The third kappa shape index (κ3) is 10.1. The first kappa shape index (κ1) is 29.1. The van der Waals surface area contributed by atoms with Crippen molar-refractivity contribution in [1.82, 2.24) is 10.6 Å². The van der Waals surface area contributed by atoms with Crippen LogP contribution in [0.1, 0.15) is 20.7 Å². The maximum Gasteiger partial charge on any atom is 0.257 e. The lowest BCUT2D eigenvalue weighted by Gasteiger charge is -2.09. The van der Waals surface area contributed by atoms with Gasteiger partial charge in [-0.15, -0.1) is 0 Å². The summed E-state index contributed by atoms with van der Waals surface area (Å²) in [6, 6.07) is 32.9. The first-order valence-electron chi connectivity index (χ1n) is 11.2. The predicted octanol–water partition coefficient (Wildman–Crippen LogP) is 7.15. The Morgan fingerprint density at radius 2 is 0.895 bits per heavy atom. The van der Waals surface area contributed by atoms with E-state index >= 15 is 0 Å². The number of halogens is 2. The normalized spacial score (nSPS) is 9.74. The number of amides is 2. The summed E-state index contributed by atoms with van der Waals surface area (Å²) in [7, 11) is 0. The van der Waals surface area contributed by atoms with Crippen LogP contribution in [0.15, 0.2) is 118 Å². The number of rotatable bonds is 4. The molecule has 0 saturated heterocycles. The molecule has 4 rings (SSSR count). The summed E-state index contributed by atoms with van der Waals surface area (Å²) in [4.78, 5) is 23.7. The Labute approximate surface area is 248 Å². The van der Waals surface area contributed by atoms with Gasteiger partial charge in [-0.05, 0) is 85.1 Å². The quantitative estimate of drug-likeness (QED) is 0.173. The molecule has 0 atom stereocenters. The Balaban J connectivity index is 0.000000211. The zero-order valence-corrected chi connectivity index (χ0v) is 24.6. The molecule has 0 aromatic heterocycles. The smallest absolute Gasteiger partial charge is 0.257 e. The van der Waals surface area contributed by atoms with Crippen molar-refractivity contribution in [3.05, 3.63) is 129 Å². The van der Waals surface area contributed by atoms with Crippen LogP contribution in [0, 0.1) is 0 Å². The minimum absolute atomic E-state index is 0.229. The SMILES string of the molecule is O=C(NC(=S)Nc1cccc(Br)c1)c1ccccc1.O=C(NC(=S)Nc1cccc(Br)c1)c1ccccc1. The Morgan fingerprint density at radius 1 is 0.526 bits per heavy atom. The lowest BCUT2D eigenvalue weighted by Crippen LogP contribution is -2.34. The molecule has 4 N–H and O–H groups in total. The van der Waals surface area contributed by atoms with Crippen molar-refractivity contribution in [2.75, 3.05) is 10.6 Å². The van der Waals surface area contributed by atoms with Crippen LogP contribution in [-0.4, -0.2) is 22.0 Å². The van der Waals surface area contributed by atoms with Crippen LogP contribution in [0.25, 0.3) is 0 Å². The van der Waals surface area contributed by atoms with E-state index in [-0.39, 0.29) is 22.0 Å². The van der Waals surface area contributed by atoms with Crippen molar-refractivity contribution < 1.29 is 9.59 Å². The Bertz CT molecular complexity index is 1310. The van der Waals surface area contributed by atoms with Crippen molar-refractivity contribution in [2.45, 2.75) is 0 Å². The van der Waals surface area contributed by atoms with E-state index in [1.165, 1.54) is 0 Å². The Hall–Kier alpha value is -3.44. The number of carbonyl (C=O) groups is 2. The molecule has 10 heteroatoms. The molecule has 0 bridgehead atoms. The molecular formula is C28H22Br2N4O2S2. The van der Waals surface area contributed by atoms with E-state index in [1.54, 1.807) is 48.5 Å². The van der Waals surface area contributed by atoms with Gasteiger partial charge in [0.05, 0.1) is 0 Å². The number of hydrogen-bond donors (Lipinski definition) is 4. The minimum atomic E-state index is -0.229. The van der Waals surface area contributed by atoms with Gasteiger partial charge in [-0.2, -0.15) is 0 Å². The van der Waals surface area contributed by atoms with Crippen molar-refractivity contribution >= 4 is 89.7 Å². The number of benzene rings is 4.